The number of halogens is 1. The van der Waals surface area contributed by atoms with E-state index in [1.165, 1.54) is 39.5 Å². The lowest BCUT2D eigenvalue weighted by Gasteiger charge is -2.15. The Balaban J connectivity index is 2.10. The molecule has 27 heavy (non-hydrogen) atoms. The summed E-state index contributed by atoms with van der Waals surface area (Å²) in [7, 11) is 4.59. The van der Waals surface area contributed by atoms with Gasteiger partial charge in [0.1, 0.15) is 0 Å². The minimum atomic E-state index is -0.506. The summed E-state index contributed by atoms with van der Waals surface area (Å²) < 4.78 is 15.9. The van der Waals surface area contributed by atoms with Gasteiger partial charge in [0, 0.05) is 18.7 Å². The number of hydrogen-bond donors (Lipinski definition) is 2. The van der Waals surface area contributed by atoms with Crippen molar-refractivity contribution >= 4 is 40.3 Å². The summed E-state index contributed by atoms with van der Waals surface area (Å²) in [5.74, 6) is 1.54. The van der Waals surface area contributed by atoms with E-state index in [0.717, 1.165) is 5.56 Å². The highest BCUT2D eigenvalue weighted by molar-refractivity contribution is 7.80. The molecule has 0 atom stereocenters. The van der Waals surface area contributed by atoms with E-state index >= 15 is 0 Å². The summed E-state index contributed by atoms with van der Waals surface area (Å²) in [4.78, 5) is 10.4. The number of hydrogen-bond acceptors (Lipinski definition) is 6. The molecule has 8 nitrogen and oxygen atoms in total. The van der Waals surface area contributed by atoms with Gasteiger partial charge in [0.25, 0.3) is 5.69 Å². The molecule has 0 spiro atoms. The number of methoxy groups -OCH3 is 3. The average molecular weight is 412 g/mol. The summed E-state index contributed by atoms with van der Waals surface area (Å²) in [6.07, 6.45) is 0. The molecule has 10 heteroatoms. The zero-order valence-electron chi connectivity index (χ0n) is 14.9. The fraction of sp³-hybridized carbons (Fsp3) is 0.235. The maximum atomic E-state index is 10.9. The molecule has 0 heterocycles. The predicted octanol–water partition coefficient (Wildman–Crippen LogP) is 3.76. The first kappa shape index (κ1) is 20.5. The first-order valence-electron chi connectivity index (χ1n) is 7.67. The molecule has 2 rings (SSSR count). The van der Waals surface area contributed by atoms with Crippen molar-refractivity contribution in [2.45, 2.75) is 6.54 Å². The zero-order chi connectivity index (χ0) is 20.0. The van der Waals surface area contributed by atoms with Gasteiger partial charge in [0.05, 0.1) is 37.0 Å². The molecule has 2 aromatic carbocycles. The van der Waals surface area contributed by atoms with Crippen molar-refractivity contribution in [3.63, 3.8) is 0 Å². The van der Waals surface area contributed by atoms with Crippen LogP contribution in [-0.4, -0.2) is 31.4 Å². The van der Waals surface area contributed by atoms with E-state index in [4.69, 9.17) is 38.0 Å². The molecule has 0 saturated carbocycles. The Kier molecular flexibility index (Phi) is 7.03. The van der Waals surface area contributed by atoms with Crippen LogP contribution in [0.1, 0.15) is 5.56 Å². The summed E-state index contributed by atoms with van der Waals surface area (Å²) in [6.45, 7) is 0.356. The van der Waals surface area contributed by atoms with Crippen LogP contribution in [0.25, 0.3) is 0 Å². The topological polar surface area (TPSA) is 94.9 Å². The number of nitro groups is 1. The standard InChI is InChI=1S/C17H18ClN3O5S/c1-24-14-6-10(7-15(25-2)16(14)26-3)9-19-17(27)20-13-8-11(21(22)23)4-5-12(13)18/h4-8H,9H2,1-3H3,(H2,19,20,27). The molecule has 0 fully saturated rings. The maximum absolute atomic E-state index is 10.9. The first-order chi connectivity index (χ1) is 12.9. The van der Waals surface area contributed by atoms with Crippen molar-refractivity contribution < 1.29 is 19.1 Å². The number of rotatable bonds is 7. The van der Waals surface area contributed by atoms with Crippen LogP contribution in [-0.2, 0) is 6.54 Å². The lowest BCUT2D eigenvalue weighted by Crippen LogP contribution is -2.28. The fourth-order valence-electron chi connectivity index (χ4n) is 2.31. The van der Waals surface area contributed by atoms with E-state index in [-0.39, 0.29) is 10.8 Å². The Morgan fingerprint density at radius 3 is 2.30 bits per heavy atom. The summed E-state index contributed by atoms with van der Waals surface area (Å²) >= 11 is 11.3. The summed E-state index contributed by atoms with van der Waals surface area (Å²) in [5, 5.41) is 17.3. The van der Waals surface area contributed by atoms with Gasteiger partial charge >= 0.3 is 0 Å². The minimum absolute atomic E-state index is 0.0886. The molecular formula is C17H18ClN3O5S. The van der Waals surface area contributed by atoms with E-state index in [1.54, 1.807) is 12.1 Å². The quantitative estimate of drug-likeness (QED) is 0.404. The molecule has 0 aliphatic rings. The van der Waals surface area contributed by atoms with Crippen LogP contribution in [0.15, 0.2) is 30.3 Å². The van der Waals surface area contributed by atoms with Gasteiger partial charge in [-0.2, -0.15) is 0 Å². The van der Waals surface area contributed by atoms with Crippen LogP contribution in [0.3, 0.4) is 0 Å². The Morgan fingerprint density at radius 2 is 1.78 bits per heavy atom. The summed E-state index contributed by atoms with van der Waals surface area (Å²) in [5.41, 5.74) is 1.08. The molecule has 0 amide bonds. The predicted molar refractivity (Wildman–Crippen MR) is 107 cm³/mol. The Morgan fingerprint density at radius 1 is 1.15 bits per heavy atom. The van der Waals surface area contributed by atoms with Crippen LogP contribution in [0.5, 0.6) is 17.2 Å². The first-order valence-corrected chi connectivity index (χ1v) is 8.46. The van der Waals surface area contributed by atoms with Crippen LogP contribution in [0.4, 0.5) is 11.4 Å². The number of nitro benzene ring substituents is 1. The zero-order valence-corrected chi connectivity index (χ0v) is 16.4. The van der Waals surface area contributed by atoms with Crippen LogP contribution in [0.2, 0.25) is 5.02 Å². The number of benzene rings is 2. The van der Waals surface area contributed by atoms with Crippen LogP contribution in [0, 0.1) is 10.1 Å². The highest BCUT2D eigenvalue weighted by atomic mass is 35.5. The van der Waals surface area contributed by atoms with Crippen molar-refractivity contribution in [2.24, 2.45) is 0 Å². The summed E-state index contributed by atoms with van der Waals surface area (Å²) in [6, 6.07) is 7.65. The molecule has 0 bridgehead atoms. The van der Waals surface area contributed by atoms with Gasteiger partial charge in [0.15, 0.2) is 16.6 Å². The second-order valence-electron chi connectivity index (χ2n) is 5.26. The van der Waals surface area contributed by atoms with Crippen molar-refractivity contribution in [2.75, 3.05) is 26.6 Å². The van der Waals surface area contributed by atoms with Crippen LogP contribution >= 0.6 is 23.8 Å². The van der Waals surface area contributed by atoms with Crippen molar-refractivity contribution in [3.05, 3.63) is 51.0 Å². The monoisotopic (exact) mass is 411 g/mol. The van der Waals surface area contributed by atoms with Crippen molar-refractivity contribution in [1.82, 2.24) is 5.32 Å². The van der Waals surface area contributed by atoms with Gasteiger partial charge in [-0.3, -0.25) is 10.1 Å². The van der Waals surface area contributed by atoms with Gasteiger partial charge in [-0.05, 0) is 36.0 Å². The fourth-order valence-corrected chi connectivity index (χ4v) is 2.66. The number of non-ortho nitro benzene ring substituents is 1. The third kappa shape index (κ3) is 5.11. The lowest BCUT2D eigenvalue weighted by atomic mass is 10.2. The second kappa shape index (κ2) is 9.24. The van der Waals surface area contributed by atoms with Gasteiger partial charge < -0.3 is 24.8 Å². The number of thiocarbonyl (C=S) groups is 1. The molecule has 0 radical (unpaired) electrons. The normalized spacial score (nSPS) is 10.1. The van der Waals surface area contributed by atoms with Gasteiger partial charge in [0.2, 0.25) is 5.75 Å². The highest BCUT2D eigenvalue weighted by Crippen LogP contribution is 2.38. The second-order valence-corrected chi connectivity index (χ2v) is 6.08. The molecular weight excluding hydrogens is 394 g/mol. The Hall–Kier alpha value is -2.78. The molecule has 2 aromatic rings. The van der Waals surface area contributed by atoms with Gasteiger partial charge in [-0.25, -0.2) is 0 Å². The molecule has 144 valence electrons. The van der Waals surface area contributed by atoms with Gasteiger partial charge in [-0.1, -0.05) is 11.6 Å². The lowest BCUT2D eigenvalue weighted by molar-refractivity contribution is -0.384. The highest BCUT2D eigenvalue weighted by Gasteiger charge is 2.14. The number of anilines is 1. The smallest absolute Gasteiger partial charge is 0.271 e. The van der Waals surface area contributed by atoms with E-state index in [9.17, 15) is 10.1 Å². The molecule has 0 aliphatic heterocycles. The van der Waals surface area contributed by atoms with E-state index in [0.29, 0.717) is 34.5 Å². The number of nitrogens with one attached hydrogen (secondary N) is 2. The molecule has 0 aromatic heterocycles. The molecule has 2 N–H and O–H groups in total. The molecule has 0 saturated heterocycles. The minimum Gasteiger partial charge on any atom is -0.493 e. The third-order valence-corrected chi connectivity index (χ3v) is 4.16. The van der Waals surface area contributed by atoms with Crippen molar-refractivity contribution in [1.29, 1.82) is 0 Å². The van der Waals surface area contributed by atoms with Crippen molar-refractivity contribution in [3.8, 4) is 17.2 Å². The van der Waals surface area contributed by atoms with Crippen LogP contribution < -0.4 is 24.8 Å². The third-order valence-electron chi connectivity index (χ3n) is 3.59. The SMILES string of the molecule is COc1cc(CNC(=S)Nc2cc([N+](=O)[O-])ccc2Cl)cc(OC)c1OC. The Bertz CT molecular complexity index is 837. The van der Waals surface area contributed by atoms with E-state index < -0.39 is 4.92 Å². The number of nitrogens with zero attached hydrogens (tertiary/aromatic N) is 1. The van der Waals surface area contributed by atoms with Gasteiger partial charge in [-0.15, -0.1) is 0 Å². The Labute approximate surface area is 166 Å². The molecule has 0 unspecified atom stereocenters. The largest absolute Gasteiger partial charge is 0.493 e. The molecule has 0 aliphatic carbocycles. The van der Waals surface area contributed by atoms with E-state index in [2.05, 4.69) is 10.6 Å². The average Bonchev–Trinajstić information content (AvgIpc) is 2.66. The number of ether oxygens (including phenoxy) is 3. The maximum Gasteiger partial charge on any atom is 0.271 e. The van der Waals surface area contributed by atoms with E-state index in [1.807, 2.05) is 0 Å².